The van der Waals surface area contributed by atoms with E-state index in [2.05, 4.69) is 0 Å². The summed E-state index contributed by atoms with van der Waals surface area (Å²) >= 11 is 0. The first-order valence-corrected chi connectivity index (χ1v) is 6.42. The van der Waals surface area contributed by atoms with Crippen LogP contribution in [0.1, 0.15) is 42.8 Å². The van der Waals surface area contributed by atoms with E-state index in [1.807, 2.05) is 32.0 Å². The number of anilines is 1. The summed E-state index contributed by atoms with van der Waals surface area (Å²) in [4.78, 5) is 25.4. The number of nitrogens with zero attached hydrogens (tertiary/aromatic N) is 1. The number of ether oxygens (including phenoxy) is 1. The molecule has 0 bridgehead atoms. The highest BCUT2D eigenvalue weighted by molar-refractivity contribution is 6.04. The van der Waals surface area contributed by atoms with Crippen molar-refractivity contribution < 1.29 is 14.3 Å². The Hall–Kier alpha value is -1.68. The van der Waals surface area contributed by atoms with E-state index in [0.717, 1.165) is 16.8 Å². The van der Waals surface area contributed by atoms with E-state index in [9.17, 15) is 9.59 Å². The molecule has 0 radical (unpaired) electrons. The van der Waals surface area contributed by atoms with Gasteiger partial charge in [-0.1, -0.05) is 0 Å². The maximum atomic E-state index is 12.4. The number of carbonyl (C=O) groups excluding carboxylic acids is 2. The van der Waals surface area contributed by atoms with E-state index in [1.165, 1.54) is 6.92 Å². The normalized spacial score (nSPS) is 26.4. The molecule has 1 aromatic rings. The van der Waals surface area contributed by atoms with Crippen LogP contribution in [0.5, 0.6) is 0 Å². The van der Waals surface area contributed by atoms with Gasteiger partial charge in [-0.05, 0) is 37.6 Å². The number of hydrogen-bond acceptors (Lipinski definition) is 3. The summed E-state index contributed by atoms with van der Waals surface area (Å²) in [6.45, 7) is 5.38. The lowest BCUT2D eigenvalue weighted by Gasteiger charge is -2.27. The molecule has 4 heteroatoms. The lowest BCUT2D eigenvalue weighted by Crippen LogP contribution is -2.34. The molecule has 0 spiro atoms. The number of amides is 1. The SMILES string of the molecule is CC(=O)N(C)c1ccc2c(c1)C1OC1C(C)(C)C2=O. The van der Waals surface area contributed by atoms with E-state index >= 15 is 0 Å². The zero-order chi connectivity index (χ0) is 13.9. The Morgan fingerprint density at radius 3 is 2.68 bits per heavy atom. The number of fused-ring (bicyclic) bond motifs is 3. The second-order valence-corrected chi connectivity index (χ2v) is 5.88. The van der Waals surface area contributed by atoms with Gasteiger partial charge >= 0.3 is 0 Å². The number of benzene rings is 1. The molecular formula is C15H17NO3. The van der Waals surface area contributed by atoms with Gasteiger partial charge in [-0.2, -0.15) is 0 Å². The Morgan fingerprint density at radius 2 is 2.05 bits per heavy atom. The van der Waals surface area contributed by atoms with Crippen molar-refractivity contribution in [2.75, 3.05) is 11.9 Å². The van der Waals surface area contributed by atoms with E-state index in [1.54, 1.807) is 11.9 Å². The molecule has 0 saturated carbocycles. The second kappa shape index (κ2) is 3.67. The van der Waals surface area contributed by atoms with Gasteiger partial charge in [0.2, 0.25) is 5.91 Å². The van der Waals surface area contributed by atoms with Gasteiger partial charge in [-0.3, -0.25) is 9.59 Å². The predicted molar refractivity (Wildman–Crippen MR) is 71.3 cm³/mol. The summed E-state index contributed by atoms with van der Waals surface area (Å²) in [5.41, 5.74) is 1.99. The van der Waals surface area contributed by atoms with Crippen molar-refractivity contribution in [1.29, 1.82) is 0 Å². The highest BCUT2D eigenvalue weighted by Gasteiger charge is 2.58. The standard InChI is InChI=1S/C15H17NO3/c1-8(17)16(4)9-5-6-10-11(7-9)12-14(19-12)15(2,3)13(10)18/h5-7,12,14H,1-4H3. The zero-order valence-corrected chi connectivity index (χ0v) is 11.6. The Balaban J connectivity index is 2.07. The van der Waals surface area contributed by atoms with Gasteiger partial charge in [0.25, 0.3) is 0 Å². The number of Topliss-reactive ketones (excluding diaryl/α,β-unsaturated/α-hetero) is 1. The minimum Gasteiger partial charge on any atom is -0.363 e. The van der Waals surface area contributed by atoms with Gasteiger partial charge in [0.1, 0.15) is 12.2 Å². The molecule has 2 unspecified atom stereocenters. The Morgan fingerprint density at radius 1 is 1.37 bits per heavy atom. The van der Waals surface area contributed by atoms with E-state index in [0.29, 0.717) is 0 Å². The van der Waals surface area contributed by atoms with Crippen LogP contribution in [0.3, 0.4) is 0 Å². The van der Waals surface area contributed by atoms with Crippen LogP contribution >= 0.6 is 0 Å². The Bertz CT molecular complexity index is 591. The maximum Gasteiger partial charge on any atom is 0.223 e. The van der Waals surface area contributed by atoms with Gasteiger partial charge in [0.05, 0.1) is 5.41 Å². The molecule has 0 N–H and O–H groups in total. The van der Waals surface area contributed by atoms with Crippen molar-refractivity contribution in [1.82, 2.24) is 0 Å². The third-order valence-electron chi connectivity index (χ3n) is 4.23. The number of rotatable bonds is 1. The van der Waals surface area contributed by atoms with Crippen LogP contribution in [0.4, 0.5) is 5.69 Å². The van der Waals surface area contributed by atoms with Crippen LogP contribution in [0.15, 0.2) is 18.2 Å². The minimum absolute atomic E-state index is 0.00279. The van der Waals surface area contributed by atoms with Crippen molar-refractivity contribution in [2.45, 2.75) is 33.0 Å². The first-order valence-electron chi connectivity index (χ1n) is 6.42. The van der Waals surface area contributed by atoms with Gasteiger partial charge < -0.3 is 9.64 Å². The molecule has 1 aliphatic heterocycles. The van der Waals surface area contributed by atoms with Gasteiger partial charge in [-0.15, -0.1) is 0 Å². The van der Waals surface area contributed by atoms with Crippen molar-refractivity contribution >= 4 is 17.4 Å². The van der Waals surface area contributed by atoms with Crippen LogP contribution in [0, 0.1) is 5.41 Å². The molecule has 1 saturated heterocycles. The van der Waals surface area contributed by atoms with Gasteiger partial charge in [0.15, 0.2) is 5.78 Å². The highest BCUT2D eigenvalue weighted by atomic mass is 16.6. The summed E-state index contributed by atoms with van der Waals surface area (Å²) < 4.78 is 5.66. The monoisotopic (exact) mass is 259 g/mol. The smallest absolute Gasteiger partial charge is 0.223 e. The Labute approximate surface area is 112 Å². The molecule has 1 amide bonds. The summed E-state index contributed by atoms with van der Waals surface area (Å²) in [5.74, 6) is 0.0916. The number of hydrogen-bond donors (Lipinski definition) is 0. The lowest BCUT2D eigenvalue weighted by molar-refractivity contribution is -0.116. The zero-order valence-electron chi connectivity index (χ0n) is 11.6. The molecule has 4 nitrogen and oxygen atoms in total. The minimum atomic E-state index is -0.453. The maximum absolute atomic E-state index is 12.4. The molecule has 1 fully saturated rings. The average Bonchev–Trinajstić information content (AvgIpc) is 3.16. The Kier molecular flexibility index (Phi) is 2.39. The summed E-state index contributed by atoms with van der Waals surface area (Å²) in [6, 6.07) is 5.53. The first-order chi connectivity index (χ1) is 8.84. The fourth-order valence-electron chi connectivity index (χ4n) is 2.76. The topological polar surface area (TPSA) is 49.9 Å². The molecule has 19 heavy (non-hydrogen) atoms. The van der Waals surface area contributed by atoms with Crippen LogP contribution in [-0.2, 0) is 9.53 Å². The van der Waals surface area contributed by atoms with Crippen molar-refractivity contribution in [2.24, 2.45) is 5.41 Å². The highest BCUT2D eigenvalue weighted by Crippen LogP contribution is 2.55. The second-order valence-electron chi connectivity index (χ2n) is 5.88. The fourth-order valence-corrected chi connectivity index (χ4v) is 2.76. The van der Waals surface area contributed by atoms with E-state index in [-0.39, 0.29) is 23.9 Å². The third kappa shape index (κ3) is 1.63. The van der Waals surface area contributed by atoms with Crippen LogP contribution in [0.25, 0.3) is 0 Å². The van der Waals surface area contributed by atoms with Gasteiger partial charge in [0, 0.05) is 25.2 Å². The van der Waals surface area contributed by atoms with Crippen molar-refractivity contribution in [3.05, 3.63) is 29.3 Å². The number of ketones is 1. The predicted octanol–water partition coefficient (Wildman–Crippen LogP) is 2.33. The number of epoxide rings is 1. The molecule has 2 aliphatic rings. The van der Waals surface area contributed by atoms with E-state index < -0.39 is 5.41 Å². The third-order valence-corrected chi connectivity index (χ3v) is 4.23. The first kappa shape index (κ1) is 12.4. The molecule has 100 valence electrons. The molecule has 0 aromatic heterocycles. The molecule has 1 aromatic carbocycles. The summed E-state index contributed by atoms with van der Waals surface area (Å²) in [7, 11) is 1.73. The average molecular weight is 259 g/mol. The van der Waals surface area contributed by atoms with Crippen molar-refractivity contribution in [3.8, 4) is 0 Å². The van der Waals surface area contributed by atoms with Crippen molar-refractivity contribution in [3.63, 3.8) is 0 Å². The molecule has 2 atom stereocenters. The molecular weight excluding hydrogens is 242 g/mol. The van der Waals surface area contributed by atoms with Crippen LogP contribution < -0.4 is 4.90 Å². The number of carbonyl (C=O) groups is 2. The fraction of sp³-hybridized carbons (Fsp3) is 0.467. The van der Waals surface area contributed by atoms with Crippen LogP contribution in [-0.4, -0.2) is 24.8 Å². The molecule has 1 aliphatic carbocycles. The molecule has 3 rings (SSSR count). The summed E-state index contributed by atoms with van der Waals surface area (Å²) in [5, 5.41) is 0. The van der Waals surface area contributed by atoms with E-state index in [4.69, 9.17) is 4.74 Å². The lowest BCUT2D eigenvalue weighted by atomic mass is 9.73. The summed E-state index contributed by atoms with van der Waals surface area (Å²) in [6.07, 6.45) is -0.0200. The molecule has 1 heterocycles. The quantitative estimate of drug-likeness (QED) is 0.727. The van der Waals surface area contributed by atoms with Crippen LogP contribution in [0.2, 0.25) is 0 Å². The van der Waals surface area contributed by atoms with Gasteiger partial charge in [-0.25, -0.2) is 0 Å². The largest absolute Gasteiger partial charge is 0.363 e.